The maximum absolute atomic E-state index is 13.5. The molecule has 3 aliphatic heterocycles. The molecule has 3 saturated heterocycles. The van der Waals surface area contributed by atoms with Crippen molar-refractivity contribution in [2.45, 2.75) is 37.5 Å². The fourth-order valence-electron chi connectivity index (χ4n) is 4.31. The van der Waals surface area contributed by atoms with Gasteiger partial charge < -0.3 is 29.7 Å². The summed E-state index contributed by atoms with van der Waals surface area (Å²) in [5.74, 6) is -0.235. The first-order valence-electron chi connectivity index (χ1n) is 10.4. The molecule has 0 bridgehead atoms. The van der Waals surface area contributed by atoms with Crippen molar-refractivity contribution in [2.75, 3.05) is 39.5 Å². The van der Waals surface area contributed by atoms with Crippen molar-refractivity contribution in [3.8, 4) is 5.75 Å². The van der Waals surface area contributed by atoms with Gasteiger partial charge in [0.1, 0.15) is 24.4 Å². The summed E-state index contributed by atoms with van der Waals surface area (Å²) in [6, 6.07) is 4.82. The molecule has 162 valence electrons. The molecule has 4 rings (SSSR count). The molecule has 3 heterocycles. The third-order valence-electron chi connectivity index (χ3n) is 5.90. The van der Waals surface area contributed by atoms with Crippen LogP contribution in [0.25, 0.3) is 0 Å². The molecule has 0 saturated carbocycles. The number of carbonyl (C=O) groups excluding carboxylic acids is 3. The van der Waals surface area contributed by atoms with Crippen LogP contribution >= 0.6 is 0 Å². The number of phenols is 1. The maximum atomic E-state index is 13.5. The Kier molecular flexibility index (Phi) is 6.19. The Morgan fingerprint density at radius 1 is 1.17 bits per heavy atom. The number of urea groups is 1. The molecule has 0 aliphatic carbocycles. The zero-order valence-corrected chi connectivity index (χ0v) is 16.8. The molecule has 3 atom stereocenters. The number of amides is 3. The van der Waals surface area contributed by atoms with E-state index >= 15 is 0 Å². The predicted octanol–water partition coefficient (Wildman–Crippen LogP) is 0.304. The number of nitrogens with one attached hydrogen (secondary N) is 1. The third kappa shape index (κ3) is 4.41. The van der Waals surface area contributed by atoms with Gasteiger partial charge in [0.25, 0.3) is 0 Å². The highest BCUT2D eigenvalue weighted by Gasteiger charge is 2.45. The van der Waals surface area contributed by atoms with Crippen molar-refractivity contribution in [1.29, 1.82) is 0 Å². The summed E-state index contributed by atoms with van der Waals surface area (Å²) >= 11 is 0. The van der Waals surface area contributed by atoms with E-state index < -0.39 is 12.1 Å². The molecule has 30 heavy (non-hydrogen) atoms. The van der Waals surface area contributed by atoms with Crippen molar-refractivity contribution in [2.24, 2.45) is 0 Å². The quantitative estimate of drug-likeness (QED) is 0.730. The van der Waals surface area contributed by atoms with Crippen LogP contribution in [0.4, 0.5) is 4.79 Å². The highest BCUT2D eigenvalue weighted by molar-refractivity contribution is 5.94. The van der Waals surface area contributed by atoms with Crippen LogP contribution in [0.1, 0.15) is 18.4 Å². The van der Waals surface area contributed by atoms with E-state index in [1.807, 2.05) is 0 Å². The van der Waals surface area contributed by atoms with Gasteiger partial charge in [0, 0.05) is 26.1 Å². The molecule has 1 aromatic rings. The summed E-state index contributed by atoms with van der Waals surface area (Å²) in [4.78, 5) is 41.8. The number of Topliss-reactive ketones (excluding diaryl/α,β-unsaturated/α-hetero) is 1. The molecule has 9 nitrogen and oxygen atoms in total. The number of aromatic hydroxyl groups is 1. The molecule has 3 fully saturated rings. The number of benzene rings is 1. The second kappa shape index (κ2) is 9.01. The number of rotatable bonds is 4. The Morgan fingerprint density at radius 2 is 1.90 bits per heavy atom. The van der Waals surface area contributed by atoms with Crippen molar-refractivity contribution in [3.63, 3.8) is 0 Å². The van der Waals surface area contributed by atoms with E-state index in [4.69, 9.17) is 9.47 Å². The molecule has 2 unspecified atom stereocenters. The topological polar surface area (TPSA) is 108 Å². The summed E-state index contributed by atoms with van der Waals surface area (Å²) in [7, 11) is 0. The zero-order valence-electron chi connectivity index (χ0n) is 16.8. The van der Waals surface area contributed by atoms with Gasteiger partial charge in [-0.25, -0.2) is 4.79 Å². The number of fused-ring (bicyclic) bond motifs is 1. The first kappa shape index (κ1) is 20.6. The summed E-state index contributed by atoms with van der Waals surface area (Å²) in [5.41, 5.74) is 0.802. The summed E-state index contributed by atoms with van der Waals surface area (Å²) < 4.78 is 10.8. The van der Waals surface area contributed by atoms with Crippen LogP contribution in [0.3, 0.4) is 0 Å². The monoisotopic (exact) mass is 417 g/mol. The van der Waals surface area contributed by atoms with E-state index in [1.165, 1.54) is 0 Å². The molecular weight excluding hydrogens is 390 g/mol. The van der Waals surface area contributed by atoms with Crippen LogP contribution in [0.2, 0.25) is 0 Å². The Bertz CT molecular complexity index is 792. The van der Waals surface area contributed by atoms with Gasteiger partial charge >= 0.3 is 6.03 Å². The highest BCUT2D eigenvalue weighted by atomic mass is 16.5. The molecule has 0 aromatic heterocycles. The Labute approximate surface area is 174 Å². The number of hydrogen-bond donors (Lipinski definition) is 2. The molecule has 0 spiro atoms. The van der Waals surface area contributed by atoms with Gasteiger partial charge in [0.05, 0.1) is 19.3 Å². The van der Waals surface area contributed by atoms with E-state index in [0.717, 1.165) is 18.4 Å². The number of hydrogen-bond acceptors (Lipinski definition) is 6. The molecule has 3 amide bonds. The van der Waals surface area contributed by atoms with Gasteiger partial charge in [-0.3, -0.25) is 9.59 Å². The van der Waals surface area contributed by atoms with Gasteiger partial charge in [-0.05, 0) is 30.5 Å². The summed E-state index contributed by atoms with van der Waals surface area (Å²) in [5, 5.41) is 12.4. The Morgan fingerprint density at radius 3 is 2.63 bits per heavy atom. The number of ketones is 1. The van der Waals surface area contributed by atoms with Gasteiger partial charge in [0.15, 0.2) is 5.78 Å². The number of likely N-dealkylation sites (tertiary alicyclic amines) is 1. The van der Waals surface area contributed by atoms with Crippen molar-refractivity contribution >= 4 is 17.7 Å². The van der Waals surface area contributed by atoms with Crippen LogP contribution in [0.15, 0.2) is 24.3 Å². The van der Waals surface area contributed by atoms with Crippen molar-refractivity contribution in [1.82, 2.24) is 15.1 Å². The van der Waals surface area contributed by atoms with E-state index in [2.05, 4.69) is 5.32 Å². The lowest BCUT2D eigenvalue weighted by Gasteiger charge is -2.38. The van der Waals surface area contributed by atoms with E-state index in [0.29, 0.717) is 32.8 Å². The van der Waals surface area contributed by atoms with Crippen LogP contribution in [-0.2, 0) is 25.5 Å². The number of carbonyl (C=O) groups is 3. The van der Waals surface area contributed by atoms with Crippen LogP contribution < -0.4 is 5.32 Å². The van der Waals surface area contributed by atoms with Gasteiger partial charge in [-0.2, -0.15) is 0 Å². The predicted molar refractivity (Wildman–Crippen MR) is 106 cm³/mol. The Hall–Kier alpha value is -2.65. The third-order valence-corrected chi connectivity index (χ3v) is 5.90. The number of nitrogens with zero attached hydrogens (tertiary/aromatic N) is 2. The van der Waals surface area contributed by atoms with Gasteiger partial charge in [-0.1, -0.05) is 12.1 Å². The van der Waals surface area contributed by atoms with E-state index in [1.54, 1.807) is 34.1 Å². The van der Waals surface area contributed by atoms with E-state index in [9.17, 15) is 19.5 Å². The van der Waals surface area contributed by atoms with E-state index in [-0.39, 0.29) is 42.6 Å². The molecule has 9 heteroatoms. The Balaban J connectivity index is 1.53. The number of morpholine rings is 1. The van der Waals surface area contributed by atoms with Crippen LogP contribution in [0.5, 0.6) is 5.75 Å². The molecule has 1 aromatic carbocycles. The lowest BCUT2D eigenvalue weighted by Crippen LogP contribution is -2.60. The smallest absolute Gasteiger partial charge is 0.318 e. The number of ether oxygens (including phenoxy) is 2. The second-order valence-electron chi connectivity index (χ2n) is 7.91. The first-order valence-corrected chi connectivity index (χ1v) is 10.4. The fourth-order valence-corrected chi connectivity index (χ4v) is 4.31. The minimum absolute atomic E-state index is 0.0296. The second-order valence-corrected chi connectivity index (χ2v) is 7.91. The normalized spacial score (nSPS) is 25.0. The largest absolute Gasteiger partial charge is 0.508 e. The average molecular weight is 417 g/mol. The average Bonchev–Trinajstić information content (AvgIpc) is 3.16. The summed E-state index contributed by atoms with van der Waals surface area (Å²) in [6.45, 7) is 2.35. The summed E-state index contributed by atoms with van der Waals surface area (Å²) in [6.07, 6.45) is 1.50. The molecule has 0 radical (unpaired) electrons. The number of phenolic OH excluding ortho intramolecular Hbond substituents is 1. The molecule has 3 aliphatic rings. The standard InChI is InChI=1S/C21H27N3O6/c25-15-5-3-14(4-6-15)12-16(22-21(28)23-8-10-29-11-9-23)20(27)24-7-1-2-18-19(24)17(26)13-30-18/h3-6,16,18-19,25H,1-2,7-13H2,(H,22,28)/t16-,18?,19?/m0/s1. The molecule has 2 N–H and O–H groups in total. The SMILES string of the molecule is O=C1COC2CCCN(C(=O)[C@H](Cc3ccc(O)cc3)NC(=O)N3CCOCC3)C12. The zero-order chi connectivity index (χ0) is 21.1. The minimum Gasteiger partial charge on any atom is -0.508 e. The van der Waals surface area contributed by atoms with Crippen LogP contribution in [-0.4, -0.2) is 90.3 Å². The lowest BCUT2D eigenvalue weighted by atomic mass is 9.95. The maximum Gasteiger partial charge on any atom is 0.318 e. The first-order chi connectivity index (χ1) is 14.5. The lowest BCUT2D eigenvalue weighted by molar-refractivity contribution is -0.142. The number of piperidine rings is 1. The fraction of sp³-hybridized carbons (Fsp3) is 0.571. The van der Waals surface area contributed by atoms with Gasteiger partial charge in [-0.15, -0.1) is 0 Å². The van der Waals surface area contributed by atoms with Crippen molar-refractivity contribution in [3.05, 3.63) is 29.8 Å². The minimum atomic E-state index is -0.822. The van der Waals surface area contributed by atoms with Crippen molar-refractivity contribution < 1.29 is 29.0 Å². The molecular formula is C21H27N3O6. The highest BCUT2D eigenvalue weighted by Crippen LogP contribution is 2.27. The van der Waals surface area contributed by atoms with Gasteiger partial charge in [0.2, 0.25) is 5.91 Å². The van der Waals surface area contributed by atoms with Crippen LogP contribution in [0, 0.1) is 0 Å².